The van der Waals surface area contributed by atoms with Crippen molar-refractivity contribution in [2.24, 2.45) is 5.92 Å². The molecule has 1 amide bonds. The summed E-state index contributed by atoms with van der Waals surface area (Å²) in [6, 6.07) is 10.0. The van der Waals surface area contributed by atoms with Crippen LogP contribution in [-0.4, -0.2) is 43.9 Å². The fourth-order valence-corrected chi connectivity index (χ4v) is 3.68. The van der Waals surface area contributed by atoms with Crippen molar-refractivity contribution < 1.29 is 19.1 Å². The van der Waals surface area contributed by atoms with Crippen LogP contribution in [0.4, 0.5) is 0 Å². The Kier molecular flexibility index (Phi) is 6.47. The van der Waals surface area contributed by atoms with E-state index in [4.69, 9.17) is 32.7 Å². The molecule has 0 aromatic heterocycles. The third-order valence-corrected chi connectivity index (χ3v) is 5.73. The van der Waals surface area contributed by atoms with E-state index in [2.05, 4.69) is 0 Å². The Morgan fingerprint density at radius 1 is 0.893 bits per heavy atom. The minimum atomic E-state index is -0.133. The molecule has 1 aliphatic heterocycles. The van der Waals surface area contributed by atoms with E-state index in [9.17, 15) is 9.59 Å². The van der Waals surface area contributed by atoms with Crippen LogP contribution in [0.5, 0.6) is 11.5 Å². The molecule has 1 fully saturated rings. The molecule has 28 heavy (non-hydrogen) atoms. The van der Waals surface area contributed by atoms with Crippen LogP contribution in [0.15, 0.2) is 36.4 Å². The van der Waals surface area contributed by atoms with Crippen molar-refractivity contribution in [1.29, 1.82) is 0 Å². The number of carbonyl (C=O) groups excluding carboxylic acids is 2. The van der Waals surface area contributed by atoms with Gasteiger partial charge in [0.05, 0.1) is 24.3 Å². The summed E-state index contributed by atoms with van der Waals surface area (Å²) < 4.78 is 10.5. The van der Waals surface area contributed by atoms with Crippen molar-refractivity contribution in [3.8, 4) is 11.5 Å². The van der Waals surface area contributed by atoms with E-state index in [-0.39, 0.29) is 17.6 Å². The van der Waals surface area contributed by atoms with Gasteiger partial charge in [-0.3, -0.25) is 9.59 Å². The highest BCUT2D eigenvalue weighted by atomic mass is 35.5. The summed E-state index contributed by atoms with van der Waals surface area (Å²) in [4.78, 5) is 27.3. The van der Waals surface area contributed by atoms with Crippen LogP contribution < -0.4 is 9.47 Å². The molecule has 2 aromatic carbocycles. The highest BCUT2D eigenvalue weighted by Gasteiger charge is 2.29. The van der Waals surface area contributed by atoms with Crippen LogP contribution in [0.1, 0.15) is 33.6 Å². The molecule has 0 aliphatic carbocycles. The second kappa shape index (κ2) is 8.84. The first-order valence-corrected chi connectivity index (χ1v) is 9.70. The van der Waals surface area contributed by atoms with Gasteiger partial charge in [-0.05, 0) is 49.2 Å². The van der Waals surface area contributed by atoms with E-state index >= 15 is 0 Å². The smallest absolute Gasteiger partial charge is 0.253 e. The Morgan fingerprint density at radius 2 is 1.54 bits per heavy atom. The van der Waals surface area contributed by atoms with Crippen LogP contribution in [0, 0.1) is 5.92 Å². The molecular weight excluding hydrogens is 401 g/mol. The summed E-state index contributed by atoms with van der Waals surface area (Å²) in [7, 11) is 3.08. The first-order chi connectivity index (χ1) is 13.4. The number of likely N-dealkylation sites (tertiary alicyclic amines) is 1. The van der Waals surface area contributed by atoms with E-state index in [0.29, 0.717) is 58.6 Å². The van der Waals surface area contributed by atoms with Gasteiger partial charge in [0, 0.05) is 30.1 Å². The number of ether oxygens (including phenoxy) is 2. The average molecular weight is 422 g/mol. The Balaban J connectivity index is 1.65. The topological polar surface area (TPSA) is 55.8 Å². The molecule has 1 aliphatic rings. The van der Waals surface area contributed by atoms with Gasteiger partial charge in [-0.1, -0.05) is 23.2 Å². The number of ketones is 1. The SMILES string of the molecule is COc1ccc(C(=O)N2CCC(C(=O)c3ccc(Cl)c(Cl)c3)CC2)cc1OC. The monoisotopic (exact) mass is 421 g/mol. The third-order valence-electron chi connectivity index (χ3n) is 4.99. The van der Waals surface area contributed by atoms with E-state index in [1.165, 1.54) is 7.11 Å². The standard InChI is InChI=1S/C21H21Cl2NO4/c1-27-18-6-4-15(12-19(18)28-2)21(26)24-9-7-13(8-10-24)20(25)14-3-5-16(22)17(23)11-14/h3-6,11-13H,7-10H2,1-2H3. The number of Topliss-reactive ketones (excluding diaryl/α,β-unsaturated/α-hetero) is 1. The van der Waals surface area contributed by atoms with Gasteiger partial charge in [-0.15, -0.1) is 0 Å². The van der Waals surface area contributed by atoms with Gasteiger partial charge in [0.25, 0.3) is 5.91 Å². The zero-order valence-corrected chi connectivity index (χ0v) is 17.2. The second-order valence-corrected chi connectivity index (χ2v) is 7.44. The molecule has 0 radical (unpaired) electrons. The summed E-state index contributed by atoms with van der Waals surface area (Å²) in [6.07, 6.45) is 1.22. The molecule has 5 nitrogen and oxygen atoms in total. The van der Waals surface area contributed by atoms with Gasteiger partial charge >= 0.3 is 0 Å². The van der Waals surface area contributed by atoms with Crippen LogP contribution in [0.25, 0.3) is 0 Å². The Bertz CT molecular complexity index is 892. The van der Waals surface area contributed by atoms with Crippen molar-refractivity contribution in [2.75, 3.05) is 27.3 Å². The number of rotatable bonds is 5. The van der Waals surface area contributed by atoms with Gasteiger partial charge in [-0.25, -0.2) is 0 Å². The van der Waals surface area contributed by atoms with Crippen molar-refractivity contribution in [2.45, 2.75) is 12.8 Å². The minimum Gasteiger partial charge on any atom is -0.493 e. The predicted molar refractivity (Wildman–Crippen MR) is 109 cm³/mol. The maximum atomic E-state index is 12.8. The molecule has 0 atom stereocenters. The number of methoxy groups -OCH3 is 2. The largest absolute Gasteiger partial charge is 0.493 e. The predicted octanol–water partition coefficient (Wildman–Crippen LogP) is 4.75. The highest BCUT2D eigenvalue weighted by Crippen LogP contribution is 2.30. The van der Waals surface area contributed by atoms with Crippen LogP contribution >= 0.6 is 23.2 Å². The van der Waals surface area contributed by atoms with Crippen LogP contribution in [0.2, 0.25) is 10.0 Å². The zero-order valence-electron chi connectivity index (χ0n) is 15.7. The third kappa shape index (κ3) is 4.26. The van der Waals surface area contributed by atoms with Gasteiger partial charge in [0.2, 0.25) is 0 Å². The van der Waals surface area contributed by atoms with Gasteiger partial charge in [0.1, 0.15) is 0 Å². The van der Waals surface area contributed by atoms with E-state index in [0.717, 1.165) is 0 Å². The number of carbonyl (C=O) groups is 2. The van der Waals surface area contributed by atoms with Crippen molar-refractivity contribution in [1.82, 2.24) is 4.90 Å². The lowest BCUT2D eigenvalue weighted by molar-refractivity contribution is 0.0650. The molecule has 7 heteroatoms. The second-order valence-electron chi connectivity index (χ2n) is 6.63. The number of benzene rings is 2. The van der Waals surface area contributed by atoms with E-state index in [1.54, 1.807) is 48.4 Å². The molecule has 0 saturated carbocycles. The van der Waals surface area contributed by atoms with Crippen molar-refractivity contribution in [3.63, 3.8) is 0 Å². The Morgan fingerprint density at radius 3 is 2.14 bits per heavy atom. The number of nitrogens with zero attached hydrogens (tertiary/aromatic N) is 1. The number of halogens is 2. The number of amides is 1. The zero-order chi connectivity index (χ0) is 20.3. The molecule has 2 aromatic rings. The molecule has 0 N–H and O–H groups in total. The Labute approximate surface area is 174 Å². The maximum Gasteiger partial charge on any atom is 0.253 e. The summed E-state index contributed by atoms with van der Waals surface area (Å²) in [5.41, 5.74) is 1.09. The summed E-state index contributed by atoms with van der Waals surface area (Å²) in [5, 5.41) is 0.794. The van der Waals surface area contributed by atoms with Crippen molar-refractivity contribution in [3.05, 3.63) is 57.6 Å². The molecule has 1 saturated heterocycles. The average Bonchev–Trinajstić information content (AvgIpc) is 2.74. The normalized spacial score (nSPS) is 14.6. The fourth-order valence-electron chi connectivity index (χ4n) is 3.38. The minimum absolute atomic E-state index is 0.0387. The number of hydrogen-bond acceptors (Lipinski definition) is 4. The van der Waals surface area contributed by atoms with Crippen LogP contribution in [0.3, 0.4) is 0 Å². The maximum absolute atomic E-state index is 12.8. The van der Waals surface area contributed by atoms with Gasteiger partial charge in [-0.2, -0.15) is 0 Å². The fraction of sp³-hybridized carbons (Fsp3) is 0.333. The lowest BCUT2D eigenvalue weighted by Gasteiger charge is -2.31. The van der Waals surface area contributed by atoms with Gasteiger partial charge < -0.3 is 14.4 Å². The molecule has 3 rings (SSSR count). The van der Waals surface area contributed by atoms with Crippen LogP contribution in [-0.2, 0) is 0 Å². The number of hydrogen-bond donors (Lipinski definition) is 0. The van der Waals surface area contributed by atoms with E-state index in [1.807, 2.05) is 0 Å². The molecule has 0 bridgehead atoms. The van der Waals surface area contributed by atoms with E-state index < -0.39 is 0 Å². The molecular formula is C21H21Cl2NO4. The number of piperidine rings is 1. The van der Waals surface area contributed by atoms with Gasteiger partial charge in [0.15, 0.2) is 17.3 Å². The molecule has 148 valence electrons. The highest BCUT2D eigenvalue weighted by molar-refractivity contribution is 6.42. The summed E-state index contributed by atoms with van der Waals surface area (Å²) in [6.45, 7) is 1.04. The quantitative estimate of drug-likeness (QED) is 0.653. The Hall–Kier alpha value is -2.24. The summed E-state index contributed by atoms with van der Waals surface area (Å²) >= 11 is 11.9. The molecule has 1 heterocycles. The first-order valence-electron chi connectivity index (χ1n) is 8.95. The van der Waals surface area contributed by atoms with Crippen molar-refractivity contribution >= 4 is 34.9 Å². The molecule has 0 unspecified atom stereocenters. The lowest BCUT2D eigenvalue weighted by atomic mass is 9.88. The lowest BCUT2D eigenvalue weighted by Crippen LogP contribution is -2.40. The molecule has 0 spiro atoms. The summed E-state index contributed by atoms with van der Waals surface area (Å²) in [5.74, 6) is 0.910. The first kappa shape index (κ1) is 20.5.